The van der Waals surface area contributed by atoms with Crippen molar-refractivity contribution in [2.75, 3.05) is 31.2 Å². The van der Waals surface area contributed by atoms with Crippen molar-refractivity contribution < 1.29 is 19.4 Å². The number of nitrogens with zero attached hydrogens (tertiary/aromatic N) is 5. The highest BCUT2D eigenvalue weighted by Gasteiger charge is 2.30. The predicted octanol–water partition coefficient (Wildman–Crippen LogP) is 2.41. The van der Waals surface area contributed by atoms with Crippen LogP contribution in [0.1, 0.15) is 41.6 Å². The Labute approximate surface area is 194 Å². The van der Waals surface area contributed by atoms with E-state index in [-0.39, 0.29) is 17.1 Å². The fourth-order valence-electron chi connectivity index (χ4n) is 4.34. The van der Waals surface area contributed by atoms with Crippen LogP contribution in [0, 0.1) is 6.92 Å². The molecule has 2 fully saturated rings. The van der Waals surface area contributed by atoms with Crippen LogP contribution in [0.5, 0.6) is 0 Å². The molecule has 11 heteroatoms. The molecular formula is C22H25N5O5S. The van der Waals surface area contributed by atoms with E-state index < -0.39 is 11.4 Å². The van der Waals surface area contributed by atoms with E-state index in [2.05, 4.69) is 14.3 Å². The van der Waals surface area contributed by atoms with Gasteiger partial charge in [0.25, 0.3) is 0 Å². The average molecular weight is 472 g/mol. The summed E-state index contributed by atoms with van der Waals surface area (Å²) in [6.45, 7) is 4.75. The first-order valence-electron chi connectivity index (χ1n) is 11.1. The minimum absolute atomic E-state index is 0.131. The fraction of sp³-hybridized carbons (Fsp3) is 0.500. The number of hydrogen-bond donors (Lipinski definition) is 1. The van der Waals surface area contributed by atoms with Crippen LogP contribution in [0.4, 0.5) is 5.82 Å². The standard InChI is InChI=1S/C22H25N5O5S/c1-13-8-17(26-9-15(10-26)32-7-5-14-4-2-3-6-31-14)25-20-18(13)19(28)16(21(29)30)11-27(20)22-23-12-24-33-22/h8,11-12,14-15H,2-7,9-10H2,1H3,(H,29,30). The highest BCUT2D eigenvalue weighted by molar-refractivity contribution is 7.08. The van der Waals surface area contributed by atoms with Crippen LogP contribution < -0.4 is 10.3 Å². The summed E-state index contributed by atoms with van der Waals surface area (Å²) in [5, 5.41) is 10.2. The second-order valence-corrected chi connectivity index (χ2v) is 9.20. The smallest absolute Gasteiger partial charge is 0.341 e. The van der Waals surface area contributed by atoms with Crippen LogP contribution >= 0.6 is 11.5 Å². The fourth-order valence-corrected chi connectivity index (χ4v) is 4.85. The van der Waals surface area contributed by atoms with Gasteiger partial charge in [-0.25, -0.2) is 14.8 Å². The monoisotopic (exact) mass is 471 g/mol. The summed E-state index contributed by atoms with van der Waals surface area (Å²) in [6, 6.07) is 1.83. The normalized spacial score (nSPS) is 19.1. The van der Waals surface area contributed by atoms with Crippen molar-refractivity contribution in [2.24, 2.45) is 0 Å². The first kappa shape index (κ1) is 21.9. The van der Waals surface area contributed by atoms with Crippen molar-refractivity contribution in [1.82, 2.24) is 18.9 Å². The van der Waals surface area contributed by atoms with E-state index in [1.165, 1.54) is 23.5 Å². The molecule has 1 unspecified atom stereocenters. The minimum atomic E-state index is -1.29. The Bertz CT molecular complexity index is 1220. The molecule has 2 saturated heterocycles. The maximum Gasteiger partial charge on any atom is 0.341 e. The molecule has 2 aliphatic heterocycles. The molecule has 5 rings (SSSR count). The molecule has 3 aromatic heterocycles. The molecule has 0 spiro atoms. The van der Waals surface area contributed by atoms with E-state index in [0.717, 1.165) is 43.2 Å². The third-order valence-electron chi connectivity index (χ3n) is 6.17. The van der Waals surface area contributed by atoms with Gasteiger partial charge in [-0.3, -0.25) is 9.36 Å². The van der Waals surface area contributed by atoms with Crippen molar-refractivity contribution in [3.63, 3.8) is 0 Å². The maximum atomic E-state index is 12.9. The van der Waals surface area contributed by atoms with Gasteiger partial charge in [-0.05, 0) is 44.2 Å². The Hall–Kier alpha value is -2.89. The van der Waals surface area contributed by atoms with Crippen LogP contribution in [0.25, 0.3) is 16.2 Å². The molecule has 1 atom stereocenters. The van der Waals surface area contributed by atoms with Gasteiger partial charge in [-0.15, -0.1) is 0 Å². The van der Waals surface area contributed by atoms with Gasteiger partial charge in [0.05, 0.1) is 17.6 Å². The molecule has 0 saturated carbocycles. The number of aromatic nitrogens is 4. The molecule has 0 bridgehead atoms. The lowest BCUT2D eigenvalue weighted by molar-refractivity contribution is -0.0270. The van der Waals surface area contributed by atoms with Gasteiger partial charge < -0.3 is 19.5 Å². The van der Waals surface area contributed by atoms with Gasteiger partial charge in [-0.1, -0.05) is 0 Å². The summed E-state index contributed by atoms with van der Waals surface area (Å²) in [7, 11) is 0. The zero-order chi connectivity index (χ0) is 22.9. The summed E-state index contributed by atoms with van der Waals surface area (Å²) < 4.78 is 17.3. The Morgan fingerprint density at radius 1 is 1.36 bits per heavy atom. The van der Waals surface area contributed by atoms with E-state index in [4.69, 9.17) is 14.5 Å². The van der Waals surface area contributed by atoms with Gasteiger partial charge in [0.2, 0.25) is 10.6 Å². The summed E-state index contributed by atoms with van der Waals surface area (Å²) in [4.78, 5) is 35.5. The number of carboxylic acids is 1. The molecule has 2 aliphatic rings. The third-order valence-corrected chi connectivity index (χ3v) is 6.83. The second kappa shape index (κ2) is 9.16. The zero-order valence-electron chi connectivity index (χ0n) is 18.3. The SMILES string of the molecule is Cc1cc(N2CC(OCCC3CCCCO3)C2)nc2c1c(=O)c(C(=O)O)cn2-c1ncns1. The number of aryl methyl sites for hydroxylation is 1. The lowest BCUT2D eigenvalue weighted by Gasteiger charge is -2.40. The number of fused-ring (bicyclic) bond motifs is 1. The van der Waals surface area contributed by atoms with Gasteiger partial charge in [0, 0.05) is 44.0 Å². The minimum Gasteiger partial charge on any atom is -0.477 e. The molecule has 5 heterocycles. The van der Waals surface area contributed by atoms with E-state index in [0.29, 0.717) is 42.1 Å². The Balaban J connectivity index is 1.36. The Morgan fingerprint density at radius 2 is 2.21 bits per heavy atom. The quantitative estimate of drug-likeness (QED) is 0.554. The predicted molar refractivity (Wildman–Crippen MR) is 123 cm³/mol. The maximum absolute atomic E-state index is 12.9. The molecule has 3 aromatic rings. The molecule has 33 heavy (non-hydrogen) atoms. The number of anilines is 1. The summed E-state index contributed by atoms with van der Waals surface area (Å²) in [5.41, 5.74) is 0.162. The topological polar surface area (TPSA) is 120 Å². The first-order chi connectivity index (χ1) is 16.0. The number of ether oxygens (including phenoxy) is 2. The van der Waals surface area contributed by atoms with Gasteiger partial charge in [0.1, 0.15) is 17.7 Å². The molecule has 0 amide bonds. The zero-order valence-corrected chi connectivity index (χ0v) is 19.1. The Morgan fingerprint density at radius 3 is 2.91 bits per heavy atom. The van der Waals surface area contributed by atoms with Crippen molar-refractivity contribution in [1.29, 1.82) is 0 Å². The molecule has 1 N–H and O–H groups in total. The number of hydrogen-bond acceptors (Lipinski definition) is 9. The largest absolute Gasteiger partial charge is 0.477 e. The molecular weight excluding hydrogens is 446 g/mol. The van der Waals surface area contributed by atoms with E-state index >= 15 is 0 Å². The van der Waals surface area contributed by atoms with Crippen molar-refractivity contribution in [3.8, 4) is 5.13 Å². The van der Waals surface area contributed by atoms with E-state index in [9.17, 15) is 14.7 Å². The number of carboxylic acid groups (broad SMARTS) is 1. The highest BCUT2D eigenvalue weighted by Crippen LogP contribution is 2.27. The summed E-state index contributed by atoms with van der Waals surface area (Å²) >= 11 is 1.10. The second-order valence-electron chi connectivity index (χ2n) is 8.44. The molecule has 0 aromatic carbocycles. The van der Waals surface area contributed by atoms with Crippen LogP contribution in [-0.4, -0.2) is 68.5 Å². The molecule has 174 valence electrons. The first-order valence-corrected chi connectivity index (χ1v) is 11.8. The van der Waals surface area contributed by atoms with Crippen LogP contribution in [0.3, 0.4) is 0 Å². The van der Waals surface area contributed by atoms with Crippen molar-refractivity contribution in [3.05, 3.63) is 39.9 Å². The van der Waals surface area contributed by atoms with E-state index in [1.807, 2.05) is 6.07 Å². The molecule has 10 nitrogen and oxygen atoms in total. The van der Waals surface area contributed by atoms with Crippen molar-refractivity contribution >= 4 is 34.4 Å². The summed E-state index contributed by atoms with van der Waals surface area (Å²) in [6.07, 6.45) is 7.52. The molecule has 0 aliphatic carbocycles. The highest BCUT2D eigenvalue weighted by atomic mass is 32.1. The van der Waals surface area contributed by atoms with Gasteiger partial charge in [-0.2, -0.15) is 4.37 Å². The van der Waals surface area contributed by atoms with Crippen LogP contribution in [0.15, 0.2) is 23.4 Å². The van der Waals surface area contributed by atoms with Crippen LogP contribution in [-0.2, 0) is 9.47 Å². The number of carbonyl (C=O) groups is 1. The number of aromatic carboxylic acids is 1. The van der Waals surface area contributed by atoms with Crippen molar-refractivity contribution in [2.45, 2.75) is 44.8 Å². The lowest BCUT2D eigenvalue weighted by atomic mass is 10.1. The van der Waals surface area contributed by atoms with Crippen LogP contribution in [0.2, 0.25) is 0 Å². The number of pyridine rings is 2. The molecule has 0 radical (unpaired) electrons. The van der Waals surface area contributed by atoms with Gasteiger partial charge in [0.15, 0.2) is 5.65 Å². The average Bonchev–Trinajstić information content (AvgIpc) is 3.30. The number of rotatable bonds is 7. The third kappa shape index (κ3) is 4.35. The Kier molecular flexibility index (Phi) is 6.09. The van der Waals surface area contributed by atoms with Gasteiger partial charge >= 0.3 is 5.97 Å². The summed E-state index contributed by atoms with van der Waals surface area (Å²) in [5.74, 6) is -0.568. The van der Waals surface area contributed by atoms with E-state index in [1.54, 1.807) is 6.92 Å². The lowest BCUT2D eigenvalue weighted by Crippen LogP contribution is -2.53.